The molecule has 0 aromatic heterocycles. The van der Waals surface area contributed by atoms with Crippen LogP contribution in [0.1, 0.15) is 154 Å². The summed E-state index contributed by atoms with van der Waals surface area (Å²) >= 11 is 0. The van der Waals surface area contributed by atoms with E-state index in [4.69, 9.17) is 21.5 Å². The molecule has 7 rings (SSSR count). The van der Waals surface area contributed by atoms with Gasteiger partial charge < -0.3 is 31.9 Å². The minimum Gasteiger partial charge on any atom is -0.369 e. The van der Waals surface area contributed by atoms with Crippen molar-refractivity contribution >= 4 is 58.2 Å². The van der Waals surface area contributed by atoms with Gasteiger partial charge in [0, 0.05) is 37.1 Å². The molecule has 2 aliphatic heterocycles. The normalized spacial score (nSPS) is 21.2. The number of rotatable bonds is 18. The summed E-state index contributed by atoms with van der Waals surface area (Å²) in [6.45, 7) is 15.7. The number of benzodiazepines with no additional fused rings is 2. The highest BCUT2D eigenvalue weighted by Crippen LogP contribution is 2.45. The van der Waals surface area contributed by atoms with E-state index in [1.54, 1.807) is 36.0 Å². The molecule has 0 bridgehead atoms. The maximum Gasteiger partial charge on any atom is 0.272 e. The van der Waals surface area contributed by atoms with E-state index in [-0.39, 0.29) is 54.2 Å². The van der Waals surface area contributed by atoms with Crippen LogP contribution in [0.5, 0.6) is 0 Å². The van der Waals surface area contributed by atoms with Gasteiger partial charge in [-0.3, -0.25) is 38.8 Å². The summed E-state index contributed by atoms with van der Waals surface area (Å²) in [6.07, 6.45) is 20.6. The summed E-state index contributed by atoms with van der Waals surface area (Å²) in [5, 5.41) is 5.91. The fourth-order valence-electron chi connectivity index (χ4n) is 12.2. The Kier molecular flexibility index (Phi) is 19.9. The van der Waals surface area contributed by atoms with Gasteiger partial charge in [0.2, 0.25) is 36.0 Å². The zero-order valence-corrected chi connectivity index (χ0v) is 45.1. The summed E-state index contributed by atoms with van der Waals surface area (Å²) in [4.78, 5) is 93.8. The molecule has 2 saturated carbocycles. The minimum atomic E-state index is -1.19. The molecule has 2 fully saturated rings. The molecule has 0 spiro atoms. The van der Waals surface area contributed by atoms with Crippen LogP contribution in [0.25, 0.3) is 0 Å². The van der Waals surface area contributed by atoms with Crippen LogP contribution in [-0.2, 0) is 28.8 Å². The number of hydrogen-bond donors (Lipinski definition) is 4. The average Bonchev–Trinajstić information content (AvgIpc) is 3.48. The second kappa shape index (κ2) is 25.9. The molecule has 2 unspecified atom stereocenters. The lowest BCUT2D eigenvalue weighted by Crippen LogP contribution is -2.54. The Morgan fingerprint density at radius 3 is 1.45 bits per heavy atom. The molecule has 2 heterocycles. The van der Waals surface area contributed by atoms with E-state index >= 15 is 0 Å². The summed E-state index contributed by atoms with van der Waals surface area (Å²) in [7, 11) is 3.46. The van der Waals surface area contributed by atoms with Crippen LogP contribution < -0.4 is 31.9 Å². The van der Waals surface area contributed by atoms with Crippen LogP contribution >= 0.6 is 0 Å². The number of hydrogen-bond acceptors (Lipinski definition) is 8. The first-order valence-corrected chi connectivity index (χ1v) is 27.4. The largest absolute Gasteiger partial charge is 0.369 e. The number of likely N-dealkylation sites (N-methyl/N-ethyl adjacent to an activating group) is 2. The number of benzene rings is 2. The fourth-order valence-corrected chi connectivity index (χ4v) is 12.2. The SMILES string of the molecule is C=CCC(CC=C)(C(N)=O)[C@@H](CC(C)C)C(=O)NC1N=C(C2CCCCCC2)c2ccccc2N(C)C1=O.CC(C)C[C@@H](C(=O)NC1N=C(C2CCCCCC2)c2ccccc2N(C)C1=O)C1(C(N)=O)CC=CC1. The van der Waals surface area contributed by atoms with Crippen LogP contribution in [0.4, 0.5) is 11.4 Å². The molecule has 0 saturated heterocycles. The van der Waals surface area contributed by atoms with Crippen molar-refractivity contribution in [3.05, 3.63) is 97.1 Å². The van der Waals surface area contributed by atoms with Crippen molar-refractivity contribution in [1.82, 2.24) is 10.6 Å². The number of anilines is 2. The van der Waals surface area contributed by atoms with Crippen molar-refractivity contribution < 1.29 is 28.8 Å². The number of nitrogens with zero attached hydrogens (tertiary/aromatic N) is 4. The van der Waals surface area contributed by atoms with Gasteiger partial charge >= 0.3 is 0 Å². The fraction of sp³-hybridized carbons (Fsp3) is 0.567. The van der Waals surface area contributed by atoms with Gasteiger partial charge in [0.15, 0.2) is 0 Å². The quantitative estimate of drug-likeness (QED) is 0.0844. The van der Waals surface area contributed by atoms with E-state index in [0.29, 0.717) is 25.7 Å². The number of primary amides is 2. The van der Waals surface area contributed by atoms with E-state index in [1.165, 1.54) is 25.7 Å². The molecule has 6 amide bonds. The van der Waals surface area contributed by atoms with E-state index < -0.39 is 52.7 Å². The lowest BCUT2D eigenvalue weighted by atomic mass is 9.66. The molecule has 2 aromatic carbocycles. The average molecular weight is 1010 g/mol. The van der Waals surface area contributed by atoms with Gasteiger partial charge in [-0.2, -0.15) is 0 Å². The molecule has 74 heavy (non-hydrogen) atoms. The molecule has 5 aliphatic rings. The lowest BCUT2D eigenvalue weighted by Gasteiger charge is -2.37. The number of nitrogens with one attached hydrogen (secondary N) is 2. The molecular formula is C60H84N8O6. The van der Waals surface area contributed by atoms with Gasteiger partial charge in [-0.1, -0.05) is 140 Å². The second-order valence-electron chi connectivity index (χ2n) is 22.3. The highest BCUT2D eigenvalue weighted by atomic mass is 16.2. The van der Waals surface area contributed by atoms with Crippen LogP contribution in [-0.4, -0.2) is 73.3 Å². The van der Waals surface area contributed by atoms with Crippen LogP contribution in [0.2, 0.25) is 0 Å². The van der Waals surface area contributed by atoms with Crippen molar-refractivity contribution in [1.29, 1.82) is 0 Å². The lowest BCUT2D eigenvalue weighted by molar-refractivity contribution is -0.142. The number of allylic oxidation sites excluding steroid dienone is 4. The summed E-state index contributed by atoms with van der Waals surface area (Å²) in [5.74, 6) is -3.00. The highest BCUT2D eigenvalue weighted by molar-refractivity contribution is 6.15. The van der Waals surface area contributed by atoms with Gasteiger partial charge in [-0.05, 0) is 88.2 Å². The first-order valence-electron chi connectivity index (χ1n) is 27.4. The van der Waals surface area contributed by atoms with Crippen LogP contribution in [0.15, 0.2) is 96.0 Å². The number of para-hydroxylation sites is 2. The summed E-state index contributed by atoms with van der Waals surface area (Å²) < 4.78 is 0. The third-order valence-electron chi connectivity index (χ3n) is 16.3. The predicted molar refractivity (Wildman–Crippen MR) is 296 cm³/mol. The zero-order chi connectivity index (χ0) is 53.7. The molecular weight excluding hydrogens is 929 g/mol. The molecule has 400 valence electrons. The molecule has 2 aromatic rings. The van der Waals surface area contributed by atoms with E-state index in [0.717, 1.165) is 85.3 Å². The Hall–Kier alpha value is -6.18. The Labute approximate surface area is 440 Å². The first-order chi connectivity index (χ1) is 35.4. The number of carbonyl (C=O) groups is 6. The molecule has 6 N–H and O–H groups in total. The Bertz CT molecular complexity index is 2440. The summed E-state index contributed by atoms with van der Waals surface area (Å²) in [5.41, 5.74) is 15.0. The smallest absolute Gasteiger partial charge is 0.272 e. The van der Waals surface area contributed by atoms with Gasteiger partial charge in [0.05, 0.1) is 45.5 Å². The Balaban J connectivity index is 0.000000241. The maximum absolute atomic E-state index is 14.0. The zero-order valence-electron chi connectivity index (χ0n) is 45.1. The monoisotopic (exact) mass is 1010 g/mol. The number of nitrogens with two attached hydrogens (primary N) is 2. The third-order valence-corrected chi connectivity index (χ3v) is 16.3. The van der Waals surface area contributed by atoms with Crippen LogP contribution in [0, 0.1) is 46.3 Å². The van der Waals surface area contributed by atoms with Crippen LogP contribution in [0.3, 0.4) is 0 Å². The number of amides is 6. The van der Waals surface area contributed by atoms with Crippen molar-refractivity contribution in [2.75, 3.05) is 23.9 Å². The molecule has 14 nitrogen and oxygen atoms in total. The molecule has 4 atom stereocenters. The van der Waals surface area contributed by atoms with Gasteiger partial charge in [0.1, 0.15) is 0 Å². The third kappa shape index (κ3) is 12.8. The summed E-state index contributed by atoms with van der Waals surface area (Å²) in [6, 6.07) is 15.7. The van der Waals surface area contributed by atoms with Gasteiger partial charge in [0.25, 0.3) is 11.8 Å². The molecule has 14 heteroatoms. The topological polar surface area (TPSA) is 210 Å². The Morgan fingerprint density at radius 2 is 1.07 bits per heavy atom. The van der Waals surface area contributed by atoms with Gasteiger partial charge in [-0.25, -0.2) is 0 Å². The number of fused-ring (bicyclic) bond motifs is 2. The number of carbonyl (C=O) groups excluding carboxylic acids is 6. The molecule has 0 radical (unpaired) electrons. The van der Waals surface area contributed by atoms with E-state index in [9.17, 15) is 28.8 Å². The predicted octanol–water partition coefficient (Wildman–Crippen LogP) is 9.50. The van der Waals surface area contributed by atoms with E-state index in [2.05, 4.69) is 23.8 Å². The minimum absolute atomic E-state index is 0.112. The van der Waals surface area contributed by atoms with Crippen molar-refractivity contribution in [2.45, 2.75) is 156 Å². The standard InChI is InChI=1S/C31H44N4O3.C29H40N4O3/c1-6-18-31(19-7-2,30(32)38)24(20-21(3)4)28(36)34-27-29(37)35(5)25-17-13-12-16-23(25)26(33-27)22-14-10-8-9-11-15-22;1-19(2)18-22(29(28(30)36)16-10-11-17-29)26(34)32-25-27(35)33(3)23-15-9-8-14-21(23)24(31-25)20-12-6-4-5-7-13-20/h6-7,12-13,16-17,21-22,24,27H,1-2,8-11,14-15,18-20H2,3-5H3,(H2,32,38)(H,34,36);8-11,14-15,19-20,22,25H,4-7,12-13,16-18H2,1-3H3,(H2,30,36)(H,32,34)/t24-,27?;22-,25?/m00/s1. The second-order valence-corrected chi connectivity index (χ2v) is 22.3. The van der Waals surface area contributed by atoms with Crippen molar-refractivity contribution in [3.8, 4) is 0 Å². The molecule has 3 aliphatic carbocycles. The number of aliphatic imine (C=N–C) groups is 2. The van der Waals surface area contributed by atoms with Crippen molar-refractivity contribution in [2.24, 2.45) is 67.8 Å². The first kappa shape index (κ1) is 57.1. The highest BCUT2D eigenvalue weighted by Gasteiger charge is 2.50. The van der Waals surface area contributed by atoms with E-state index in [1.807, 2.05) is 88.4 Å². The van der Waals surface area contributed by atoms with Crippen molar-refractivity contribution in [3.63, 3.8) is 0 Å². The Morgan fingerprint density at radius 1 is 0.662 bits per heavy atom. The maximum atomic E-state index is 14.0. The van der Waals surface area contributed by atoms with Gasteiger partial charge in [-0.15, -0.1) is 13.2 Å².